The van der Waals surface area contributed by atoms with Crippen molar-refractivity contribution in [3.8, 4) is 5.75 Å². The number of benzene rings is 1. The summed E-state index contributed by atoms with van der Waals surface area (Å²) in [5.74, 6) is 0.829. The Kier molecular flexibility index (Phi) is 5.17. The van der Waals surface area contributed by atoms with E-state index in [0.717, 1.165) is 35.8 Å². The normalized spacial score (nSPS) is 21.7. The monoisotopic (exact) mass is 425 g/mol. The van der Waals surface area contributed by atoms with Gasteiger partial charge in [0.15, 0.2) is 11.9 Å². The van der Waals surface area contributed by atoms with Crippen molar-refractivity contribution in [1.29, 1.82) is 0 Å². The third kappa shape index (κ3) is 3.80. The molecule has 0 saturated carbocycles. The number of aliphatic hydroxyl groups excluding tert-OH is 2. The van der Waals surface area contributed by atoms with Gasteiger partial charge in [-0.15, -0.1) is 0 Å². The highest BCUT2D eigenvalue weighted by atomic mass is 16.5. The lowest BCUT2D eigenvalue weighted by Gasteiger charge is -2.31. The van der Waals surface area contributed by atoms with Crippen LogP contribution < -0.4 is 15.0 Å². The zero-order valence-electron chi connectivity index (χ0n) is 17.5. The van der Waals surface area contributed by atoms with E-state index in [2.05, 4.69) is 20.3 Å². The summed E-state index contributed by atoms with van der Waals surface area (Å²) in [5, 5.41) is 28.0. The Bertz CT molecular complexity index is 1080. The SMILES string of the molecule is C[C@]1(CCO)Cc2cc(NC(O)c3cnn4cccnc34)c(N3CCOCC3)cc2O1. The summed E-state index contributed by atoms with van der Waals surface area (Å²) < 4.78 is 13.4. The van der Waals surface area contributed by atoms with Crippen molar-refractivity contribution in [2.45, 2.75) is 31.6 Å². The van der Waals surface area contributed by atoms with Crippen LogP contribution in [-0.4, -0.2) is 63.3 Å². The lowest BCUT2D eigenvalue weighted by atomic mass is 9.95. The van der Waals surface area contributed by atoms with Crippen molar-refractivity contribution in [3.05, 3.63) is 47.9 Å². The first-order valence-corrected chi connectivity index (χ1v) is 10.6. The molecule has 2 aliphatic heterocycles. The number of rotatable bonds is 6. The first-order chi connectivity index (χ1) is 15.1. The Labute approximate surface area is 180 Å². The van der Waals surface area contributed by atoms with E-state index >= 15 is 0 Å². The Hall–Kier alpha value is -2.88. The van der Waals surface area contributed by atoms with Crippen molar-refractivity contribution >= 4 is 17.0 Å². The Balaban J connectivity index is 1.49. The fraction of sp³-hybridized carbons (Fsp3) is 0.455. The average molecular weight is 425 g/mol. The molecule has 164 valence electrons. The van der Waals surface area contributed by atoms with Gasteiger partial charge in [-0.2, -0.15) is 5.10 Å². The standard InChI is InChI=1S/C22H27N5O4/c1-22(3-8-28)13-15-11-17(18(12-19(15)31-22)26-6-9-30-10-7-26)25-21(29)16-14-24-27-5-2-4-23-20(16)27/h2,4-5,11-12,14,21,25,28-29H,3,6-10,13H2,1H3/t21?,22-/m0/s1. The predicted molar refractivity (Wildman–Crippen MR) is 115 cm³/mol. The minimum atomic E-state index is -0.976. The van der Waals surface area contributed by atoms with Crippen LogP contribution in [-0.2, 0) is 11.2 Å². The van der Waals surface area contributed by atoms with Crippen molar-refractivity contribution in [3.63, 3.8) is 0 Å². The van der Waals surface area contributed by atoms with Crippen LogP contribution in [0.3, 0.4) is 0 Å². The van der Waals surface area contributed by atoms with Crippen LogP contribution in [0.2, 0.25) is 0 Å². The molecule has 1 unspecified atom stereocenters. The lowest BCUT2D eigenvalue weighted by molar-refractivity contribution is 0.0811. The molecule has 9 nitrogen and oxygen atoms in total. The van der Waals surface area contributed by atoms with Gasteiger partial charge in [-0.25, -0.2) is 9.50 Å². The van der Waals surface area contributed by atoms with Gasteiger partial charge in [0.1, 0.15) is 11.4 Å². The molecule has 0 bridgehead atoms. The fourth-order valence-corrected chi connectivity index (χ4v) is 4.37. The predicted octanol–water partition coefficient (Wildman–Crippen LogP) is 1.74. The number of aliphatic hydroxyl groups is 2. The van der Waals surface area contributed by atoms with Crippen molar-refractivity contribution < 1.29 is 19.7 Å². The van der Waals surface area contributed by atoms with Gasteiger partial charge in [0.2, 0.25) is 0 Å². The third-order valence-corrected chi connectivity index (χ3v) is 5.99. The van der Waals surface area contributed by atoms with Crippen LogP contribution in [0, 0.1) is 0 Å². The molecule has 9 heteroatoms. The lowest BCUT2D eigenvalue weighted by Crippen LogP contribution is -2.36. The highest BCUT2D eigenvalue weighted by molar-refractivity contribution is 5.75. The van der Waals surface area contributed by atoms with Crippen molar-refractivity contribution in [1.82, 2.24) is 14.6 Å². The van der Waals surface area contributed by atoms with E-state index in [9.17, 15) is 10.2 Å². The van der Waals surface area contributed by atoms with E-state index in [1.165, 1.54) is 0 Å². The van der Waals surface area contributed by atoms with Crippen molar-refractivity contribution in [2.75, 3.05) is 43.1 Å². The third-order valence-electron chi connectivity index (χ3n) is 5.99. The molecule has 1 aromatic carbocycles. The highest BCUT2D eigenvalue weighted by Gasteiger charge is 2.36. The molecule has 0 aliphatic carbocycles. The second-order valence-electron chi connectivity index (χ2n) is 8.31. The summed E-state index contributed by atoms with van der Waals surface area (Å²) in [7, 11) is 0. The van der Waals surface area contributed by atoms with Crippen LogP contribution >= 0.6 is 0 Å². The number of anilines is 2. The second kappa shape index (κ2) is 7.99. The average Bonchev–Trinajstić information content (AvgIpc) is 3.34. The minimum Gasteiger partial charge on any atom is -0.487 e. The topological polar surface area (TPSA) is 104 Å². The summed E-state index contributed by atoms with van der Waals surface area (Å²) in [5.41, 5.74) is 3.62. The van der Waals surface area contributed by atoms with Crippen LogP contribution in [0.5, 0.6) is 5.75 Å². The molecule has 1 saturated heterocycles. The number of fused-ring (bicyclic) bond motifs is 2. The number of aromatic nitrogens is 3. The molecule has 0 radical (unpaired) electrons. The van der Waals surface area contributed by atoms with E-state index in [1.807, 2.05) is 19.1 Å². The minimum absolute atomic E-state index is 0.0758. The van der Waals surface area contributed by atoms with Crippen LogP contribution in [0.25, 0.3) is 5.65 Å². The fourth-order valence-electron chi connectivity index (χ4n) is 4.37. The molecule has 4 heterocycles. The maximum absolute atomic E-state index is 11.0. The number of nitrogens with one attached hydrogen (secondary N) is 1. The molecule has 0 amide bonds. The summed E-state index contributed by atoms with van der Waals surface area (Å²) >= 11 is 0. The largest absolute Gasteiger partial charge is 0.487 e. The quantitative estimate of drug-likeness (QED) is 0.513. The summed E-state index contributed by atoms with van der Waals surface area (Å²) in [6.07, 6.45) is 5.40. The first kappa shape index (κ1) is 20.0. The molecule has 2 aromatic heterocycles. The molecule has 2 atom stereocenters. The number of morpholine rings is 1. The Morgan fingerprint density at radius 2 is 2.13 bits per heavy atom. The molecule has 2 aliphatic rings. The summed E-state index contributed by atoms with van der Waals surface area (Å²) in [4.78, 5) is 6.58. The molecular weight excluding hydrogens is 398 g/mol. The van der Waals surface area contributed by atoms with Gasteiger partial charge in [0.05, 0.1) is 36.3 Å². The summed E-state index contributed by atoms with van der Waals surface area (Å²) in [6, 6.07) is 5.88. The zero-order chi connectivity index (χ0) is 21.4. The van der Waals surface area contributed by atoms with Gasteiger partial charge in [0, 0.05) is 56.6 Å². The number of ether oxygens (including phenoxy) is 2. The highest BCUT2D eigenvalue weighted by Crippen LogP contribution is 2.43. The van der Waals surface area contributed by atoms with Gasteiger partial charge in [-0.3, -0.25) is 0 Å². The first-order valence-electron chi connectivity index (χ1n) is 10.6. The smallest absolute Gasteiger partial charge is 0.162 e. The number of hydrogen-bond donors (Lipinski definition) is 3. The van der Waals surface area contributed by atoms with Gasteiger partial charge in [-0.1, -0.05) is 0 Å². The van der Waals surface area contributed by atoms with Crippen LogP contribution in [0.4, 0.5) is 11.4 Å². The van der Waals surface area contributed by atoms with Gasteiger partial charge in [0.25, 0.3) is 0 Å². The summed E-state index contributed by atoms with van der Waals surface area (Å²) in [6.45, 7) is 4.92. The molecule has 31 heavy (non-hydrogen) atoms. The molecule has 3 aromatic rings. The molecule has 5 rings (SSSR count). The van der Waals surface area contributed by atoms with Crippen LogP contribution in [0.15, 0.2) is 36.8 Å². The number of nitrogens with zero attached hydrogens (tertiary/aromatic N) is 4. The van der Waals surface area contributed by atoms with E-state index in [-0.39, 0.29) is 6.61 Å². The van der Waals surface area contributed by atoms with E-state index in [1.54, 1.807) is 29.2 Å². The van der Waals surface area contributed by atoms with Crippen molar-refractivity contribution in [2.24, 2.45) is 0 Å². The van der Waals surface area contributed by atoms with Gasteiger partial charge < -0.3 is 29.9 Å². The molecule has 3 N–H and O–H groups in total. The Morgan fingerprint density at radius 3 is 2.94 bits per heavy atom. The molecule has 1 fully saturated rings. The van der Waals surface area contributed by atoms with E-state index < -0.39 is 11.8 Å². The van der Waals surface area contributed by atoms with E-state index in [0.29, 0.717) is 37.3 Å². The maximum Gasteiger partial charge on any atom is 0.162 e. The molecule has 0 spiro atoms. The maximum atomic E-state index is 11.0. The Morgan fingerprint density at radius 1 is 1.29 bits per heavy atom. The second-order valence-corrected chi connectivity index (χ2v) is 8.31. The van der Waals surface area contributed by atoms with Gasteiger partial charge in [-0.05, 0) is 19.1 Å². The number of hydrogen-bond acceptors (Lipinski definition) is 8. The van der Waals surface area contributed by atoms with E-state index in [4.69, 9.17) is 9.47 Å². The zero-order valence-corrected chi connectivity index (χ0v) is 17.5. The molecular formula is C22H27N5O4. The van der Waals surface area contributed by atoms with Gasteiger partial charge >= 0.3 is 0 Å². The van der Waals surface area contributed by atoms with Crippen LogP contribution in [0.1, 0.15) is 30.7 Å².